The van der Waals surface area contributed by atoms with Gasteiger partial charge in [-0.05, 0) is 42.1 Å². The highest BCUT2D eigenvalue weighted by Crippen LogP contribution is 2.62. The highest BCUT2D eigenvalue weighted by Gasteiger charge is 2.65. The lowest BCUT2D eigenvalue weighted by Gasteiger charge is -2.56. The fourth-order valence-electron chi connectivity index (χ4n) is 5.90. The molecule has 0 amide bonds. The summed E-state index contributed by atoms with van der Waals surface area (Å²) in [5.41, 5.74) is 8.37. The molecular weight excluding hydrogens is 345 g/mol. The van der Waals surface area contributed by atoms with Crippen molar-refractivity contribution in [3.05, 3.63) is 29.3 Å². The Balaban J connectivity index is 0.000000948. The Labute approximate surface area is 158 Å². The van der Waals surface area contributed by atoms with Crippen molar-refractivity contribution in [2.45, 2.75) is 64.3 Å². The number of ketones is 1. The monoisotopic (exact) mass is 375 g/mol. The van der Waals surface area contributed by atoms with Gasteiger partial charge in [0.2, 0.25) is 0 Å². The van der Waals surface area contributed by atoms with Gasteiger partial charge in [0.05, 0.1) is 5.92 Å². The van der Waals surface area contributed by atoms with Crippen LogP contribution in [0.15, 0.2) is 18.2 Å². The van der Waals surface area contributed by atoms with E-state index in [4.69, 9.17) is 5.73 Å². The predicted octanol–water partition coefficient (Wildman–Crippen LogP) is 3.03. The Morgan fingerprint density at radius 3 is 2.65 bits per heavy atom. The zero-order valence-electron chi connectivity index (χ0n) is 15.9. The fourth-order valence-corrected chi connectivity index (χ4v) is 6.20. The van der Waals surface area contributed by atoms with Gasteiger partial charge >= 0.3 is 5.97 Å². The maximum atomic E-state index is 12.6. The van der Waals surface area contributed by atoms with Crippen molar-refractivity contribution in [1.82, 2.24) is 0 Å². The van der Waals surface area contributed by atoms with Gasteiger partial charge in [0, 0.05) is 29.2 Å². The summed E-state index contributed by atoms with van der Waals surface area (Å²) in [5, 5.41) is 10.9. The summed E-state index contributed by atoms with van der Waals surface area (Å²) < 4.78 is 0. The van der Waals surface area contributed by atoms with Crippen LogP contribution in [0.1, 0.15) is 63.5 Å². The normalized spacial score (nSPS) is 37.7. The molecule has 3 N–H and O–H groups in total. The lowest BCUT2D eigenvalue weighted by molar-refractivity contribution is -0.146. The highest BCUT2D eigenvalue weighted by atomic mass is 31.0. The van der Waals surface area contributed by atoms with Crippen molar-refractivity contribution in [2.24, 2.45) is 23.0 Å². The number of hydrogen-bond acceptors (Lipinski definition) is 3. The molecule has 142 valence electrons. The number of carboxylic acid groups (broad SMARTS) is 1. The molecule has 3 aliphatic carbocycles. The van der Waals surface area contributed by atoms with E-state index < -0.39 is 22.8 Å². The van der Waals surface area contributed by atoms with E-state index in [9.17, 15) is 14.7 Å². The average Bonchev–Trinajstić information content (AvgIpc) is 2.89. The number of Topliss-reactive ketones (excluding diaryl/α,β-unsaturated/α-hetero) is 1. The van der Waals surface area contributed by atoms with Gasteiger partial charge in [-0.15, -0.1) is 9.24 Å². The lowest BCUT2D eigenvalue weighted by Crippen LogP contribution is -2.63. The molecule has 1 aromatic rings. The highest BCUT2D eigenvalue weighted by molar-refractivity contribution is 7.27. The molecule has 1 aromatic carbocycles. The minimum Gasteiger partial charge on any atom is -0.481 e. The van der Waals surface area contributed by atoms with Gasteiger partial charge in [-0.2, -0.15) is 0 Å². The minimum absolute atomic E-state index is 0.0919. The van der Waals surface area contributed by atoms with Gasteiger partial charge in [-0.25, -0.2) is 0 Å². The third kappa shape index (κ3) is 2.65. The van der Waals surface area contributed by atoms with E-state index in [2.05, 4.69) is 27.4 Å². The molecule has 3 aliphatic rings. The molecule has 0 heterocycles. The van der Waals surface area contributed by atoms with E-state index in [0.717, 1.165) is 25.7 Å². The lowest BCUT2D eigenvalue weighted by atomic mass is 9.50. The van der Waals surface area contributed by atoms with Crippen molar-refractivity contribution < 1.29 is 14.7 Å². The van der Waals surface area contributed by atoms with Crippen LogP contribution in [0.2, 0.25) is 0 Å². The molecule has 4 rings (SSSR count). The second kappa shape index (κ2) is 6.73. The van der Waals surface area contributed by atoms with Crippen molar-refractivity contribution >= 4 is 26.3 Å². The molecule has 0 aliphatic heterocycles. The Kier molecular flexibility index (Phi) is 5.05. The number of hydrogen-bond donors (Lipinski definition) is 2. The standard InChI is InChI=1S/C19H24NO3P.C2H6/c1-18-6-5-14-12-3-2-11(24)8-10(12)4-7-19(14,20)16(18)13(17(22)23)9-15(18)21;1-2/h2-3,8,13-14,16H,4-7,9,20,24H2,1H3,(H,22,23);1-2H3/t13-,14?,16?,18?,19?;/m0./s1. The summed E-state index contributed by atoms with van der Waals surface area (Å²) in [5.74, 6) is -1.53. The van der Waals surface area contributed by atoms with E-state index in [1.54, 1.807) is 0 Å². The molecular formula is C21H30NO3P. The number of aryl methyl sites for hydroxylation is 1. The van der Waals surface area contributed by atoms with Gasteiger partial charge < -0.3 is 10.8 Å². The first-order chi connectivity index (χ1) is 12.3. The quantitative estimate of drug-likeness (QED) is 0.740. The zero-order chi connectivity index (χ0) is 19.3. The number of aliphatic carboxylic acids is 1. The molecule has 0 bridgehead atoms. The van der Waals surface area contributed by atoms with Crippen LogP contribution in [0.4, 0.5) is 0 Å². The average molecular weight is 375 g/mol. The van der Waals surface area contributed by atoms with Crippen LogP contribution < -0.4 is 11.0 Å². The summed E-state index contributed by atoms with van der Waals surface area (Å²) in [6, 6.07) is 6.43. The van der Waals surface area contributed by atoms with Gasteiger partial charge in [0.1, 0.15) is 5.78 Å². The third-order valence-corrected chi connectivity index (χ3v) is 7.36. The molecule has 2 fully saturated rings. The Morgan fingerprint density at radius 2 is 2.00 bits per heavy atom. The van der Waals surface area contributed by atoms with E-state index in [0.29, 0.717) is 0 Å². The SMILES string of the molecule is CC.CC12CCC3c4ccc(P)cc4CCC3(N)C1[C@@H](C(=O)O)CC2=O. The molecule has 4 nitrogen and oxygen atoms in total. The van der Waals surface area contributed by atoms with Crippen LogP contribution >= 0.6 is 9.24 Å². The molecule has 2 saturated carbocycles. The third-order valence-electron chi connectivity index (χ3n) is 7.00. The predicted molar refractivity (Wildman–Crippen MR) is 107 cm³/mol. The van der Waals surface area contributed by atoms with Crippen molar-refractivity contribution in [3.63, 3.8) is 0 Å². The van der Waals surface area contributed by atoms with E-state index >= 15 is 0 Å². The second-order valence-corrected chi connectivity index (χ2v) is 8.80. The van der Waals surface area contributed by atoms with Gasteiger partial charge in [-0.1, -0.05) is 39.0 Å². The Morgan fingerprint density at radius 1 is 1.31 bits per heavy atom. The molecule has 5 unspecified atom stereocenters. The molecule has 0 aromatic heterocycles. The van der Waals surface area contributed by atoms with Crippen LogP contribution in [0, 0.1) is 17.3 Å². The maximum Gasteiger partial charge on any atom is 0.307 e. The summed E-state index contributed by atoms with van der Waals surface area (Å²) in [7, 11) is 2.73. The minimum atomic E-state index is -0.867. The van der Waals surface area contributed by atoms with Crippen LogP contribution in [-0.2, 0) is 16.0 Å². The molecule has 0 spiro atoms. The first kappa shape index (κ1) is 19.5. The summed E-state index contributed by atoms with van der Waals surface area (Å²) in [4.78, 5) is 24.5. The van der Waals surface area contributed by atoms with E-state index in [1.165, 1.54) is 16.4 Å². The maximum absolute atomic E-state index is 12.6. The smallest absolute Gasteiger partial charge is 0.307 e. The van der Waals surface area contributed by atoms with Crippen LogP contribution in [0.5, 0.6) is 0 Å². The summed E-state index contributed by atoms with van der Waals surface area (Å²) >= 11 is 0. The number of carbonyl (C=O) groups excluding carboxylic acids is 1. The Bertz CT molecular complexity index is 749. The van der Waals surface area contributed by atoms with E-state index in [-0.39, 0.29) is 24.0 Å². The number of fused-ring (bicyclic) bond motifs is 5. The number of nitrogens with two attached hydrogens (primary N) is 1. The zero-order valence-corrected chi connectivity index (χ0v) is 17.1. The Hall–Kier alpha value is -1.25. The summed E-state index contributed by atoms with van der Waals surface area (Å²) in [6.07, 6.45) is 3.37. The van der Waals surface area contributed by atoms with Gasteiger partial charge in [-0.3, -0.25) is 9.59 Å². The van der Waals surface area contributed by atoms with Crippen LogP contribution in [0.25, 0.3) is 0 Å². The molecule has 6 atom stereocenters. The first-order valence-electron chi connectivity index (χ1n) is 9.70. The molecule has 0 saturated heterocycles. The van der Waals surface area contributed by atoms with Crippen molar-refractivity contribution in [1.29, 1.82) is 0 Å². The number of rotatable bonds is 1. The molecule has 5 heteroatoms. The summed E-state index contributed by atoms with van der Waals surface area (Å²) in [6.45, 7) is 5.95. The topological polar surface area (TPSA) is 80.4 Å². The first-order valence-corrected chi connectivity index (χ1v) is 10.3. The number of carboxylic acids is 1. The second-order valence-electron chi connectivity index (χ2n) is 8.13. The molecule has 0 radical (unpaired) electrons. The molecule has 26 heavy (non-hydrogen) atoms. The van der Waals surface area contributed by atoms with Gasteiger partial charge in [0.15, 0.2) is 0 Å². The fraction of sp³-hybridized carbons (Fsp3) is 0.619. The van der Waals surface area contributed by atoms with Crippen LogP contribution in [0.3, 0.4) is 0 Å². The van der Waals surface area contributed by atoms with Crippen molar-refractivity contribution in [3.8, 4) is 0 Å². The number of benzene rings is 1. The van der Waals surface area contributed by atoms with Gasteiger partial charge in [0.25, 0.3) is 0 Å². The van der Waals surface area contributed by atoms with Crippen molar-refractivity contribution in [2.75, 3.05) is 0 Å². The van der Waals surface area contributed by atoms with Crippen LogP contribution in [-0.4, -0.2) is 22.4 Å². The van der Waals surface area contributed by atoms with E-state index in [1.807, 2.05) is 20.8 Å². The largest absolute Gasteiger partial charge is 0.481 e. The number of carbonyl (C=O) groups is 2.